The smallest absolute Gasteiger partial charge is 0.258 e. The van der Waals surface area contributed by atoms with Crippen LogP contribution in [0.15, 0.2) is 65.5 Å². The molecule has 2 heterocycles. The molecule has 3 aromatic rings. The number of benzene rings is 1. The first-order valence-corrected chi connectivity index (χ1v) is 8.54. The predicted molar refractivity (Wildman–Crippen MR) is 97.2 cm³/mol. The third-order valence-corrected chi connectivity index (χ3v) is 4.40. The lowest BCUT2D eigenvalue weighted by Gasteiger charge is -2.29. The zero-order valence-electron chi connectivity index (χ0n) is 14.6. The van der Waals surface area contributed by atoms with Crippen LogP contribution in [0.5, 0.6) is 5.75 Å². The SMILES string of the molecule is CCC(CO)N(Cc1ccco1)C(=O)c1cc(-n2cccc2)ccc1O. The Morgan fingerprint density at radius 3 is 2.62 bits per heavy atom. The topological polar surface area (TPSA) is 78.8 Å². The summed E-state index contributed by atoms with van der Waals surface area (Å²) in [4.78, 5) is 14.7. The number of aromatic nitrogens is 1. The number of phenols is 1. The molecule has 6 heteroatoms. The van der Waals surface area contributed by atoms with Crippen LogP contribution in [-0.2, 0) is 6.54 Å². The molecule has 26 heavy (non-hydrogen) atoms. The summed E-state index contributed by atoms with van der Waals surface area (Å²) in [6.45, 7) is 1.96. The number of nitrogens with zero attached hydrogens (tertiary/aromatic N) is 2. The number of phenolic OH excluding ortho intramolecular Hbond substituents is 1. The molecule has 0 saturated carbocycles. The number of hydrogen-bond acceptors (Lipinski definition) is 4. The van der Waals surface area contributed by atoms with Gasteiger partial charge in [0.1, 0.15) is 11.5 Å². The zero-order valence-corrected chi connectivity index (χ0v) is 14.6. The lowest BCUT2D eigenvalue weighted by molar-refractivity contribution is 0.0542. The van der Waals surface area contributed by atoms with Crippen LogP contribution in [0.2, 0.25) is 0 Å². The van der Waals surface area contributed by atoms with E-state index in [1.54, 1.807) is 30.5 Å². The summed E-state index contributed by atoms with van der Waals surface area (Å²) in [6, 6.07) is 11.8. The summed E-state index contributed by atoms with van der Waals surface area (Å²) in [5, 5.41) is 20.0. The van der Waals surface area contributed by atoms with Gasteiger partial charge in [0.05, 0.1) is 31.0 Å². The number of aliphatic hydroxyl groups is 1. The lowest BCUT2D eigenvalue weighted by Crippen LogP contribution is -2.41. The van der Waals surface area contributed by atoms with E-state index < -0.39 is 0 Å². The molecule has 0 aliphatic carbocycles. The first-order chi connectivity index (χ1) is 12.6. The Hall–Kier alpha value is -2.99. The molecule has 6 nitrogen and oxygen atoms in total. The molecular weight excluding hydrogens is 332 g/mol. The van der Waals surface area contributed by atoms with Gasteiger partial charge in [0.25, 0.3) is 5.91 Å². The Labute approximate surface area is 151 Å². The molecular formula is C20H22N2O4. The highest BCUT2D eigenvalue weighted by Gasteiger charge is 2.26. The maximum absolute atomic E-state index is 13.2. The molecule has 136 valence electrons. The third kappa shape index (κ3) is 3.65. The van der Waals surface area contributed by atoms with Gasteiger partial charge in [-0.25, -0.2) is 0 Å². The van der Waals surface area contributed by atoms with Gasteiger partial charge in [0.15, 0.2) is 0 Å². The van der Waals surface area contributed by atoms with E-state index in [0.29, 0.717) is 12.2 Å². The Morgan fingerprint density at radius 2 is 2.00 bits per heavy atom. The van der Waals surface area contributed by atoms with Crippen LogP contribution in [0.1, 0.15) is 29.5 Å². The van der Waals surface area contributed by atoms with Crippen molar-refractivity contribution in [2.45, 2.75) is 25.9 Å². The van der Waals surface area contributed by atoms with E-state index in [9.17, 15) is 15.0 Å². The van der Waals surface area contributed by atoms with E-state index >= 15 is 0 Å². The molecule has 0 radical (unpaired) electrons. The second-order valence-electron chi connectivity index (χ2n) is 6.05. The number of carbonyl (C=O) groups is 1. The van der Waals surface area contributed by atoms with Crippen molar-refractivity contribution in [2.75, 3.05) is 6.61 Å². The minimum atomic E-state index is -0.373. The summed E-state index contributed by atoms with van der Waals surface area (Å²) in [6.07, 6.45) is 5.86. The second-order valence-corrected chi connectivity index (χ2v) is 6.05. The molecule has 1 unspecified atom stereocenters. The summed E-state index contributed by atoms with van der Waals surface area (Å²) in [5.74, 6) is 0.170. The Balaban J connectivity index is 1.96. The van der Waals surface area contributed by atoms with Crippen molar-refractivity contribution in [3.05, 3.63) is 72.4 Å². The Kier molecular flexibility index (Phi) is 5.43. The number of amides is 1. The van der Waals surface area contributed by atoms with E-state index in [-0.39, 0.29) is 36.4 Å². The largest absolute Gasteiger partial charge is 0.507 e. The van der Waals surface area contributed by atoms with Crippen molar-refractivity contribution in [1.29, 1.82) is 0 Å². The number of rotatable bonds is 7. The standard InChI is InChI=1S/C20H22N2O4/c1-2-15(14-23)22(13-17-6-5-11-26-17)20(25)18-12-16(7-8-19(18)24)21-9-3-4-10-21/h3-12,15,23-24H,2,13-14H2,1H3. The van der Waals surface area contributed by atoms with E-state index in [0.717, 1.165) is 5.69 Å². The molecule has 1 amide bonds. The van der Waals surface area contributed by atoms with E-state index in [2.05, 4.69) is 0 Å². The molecule has 1 atom stereocenters. The van der Waals surface area contributed by atoms with Crippen molar-refractivity contribution >= 4 is 5.91 Å². The minimum absolute atomic E-state index is 0.0943. The van der Waals surface area contributed by atoms with Crippen LogP contribution in [0, 0.1) is 0 Å². The average Bonchev–Trinajstić information content (AvgIpc) is 3.35. The van der Waals surface area contributed by atoms with Crippen molar-refractivity contribution in [2.24, 2.45) is 0 Å². The van der Waals surface area contributed by atoms with Gasteiger partial charge in [0.2, 0.25) is 0 Å². The normalized spacial score (nSPS) is 12.1. The fourth-order valence-corrected chi connectivity index (χ4v) is 2.90. The molecule has 2 N–H and O–H groups in total. The number of furan rings is 1. The molecule has 0 saturated heterocycles. The van der Waals surface area contributed by atoms with Gasteiger partial charge in [-0.05, 0) is 48.9 Å². The maximum Gasteiger partial charge on any atom is 0.258 e. The highest BCUT2D eigenvalue weighted by Crippen LogP contribution is 2.25. The fraction of sp³-hybridized carbons (Fsp3) is 0.250. The van der Waals surface area contributed by atoms with Gasteiger partial charge in [-0.15, -0.1) is 0 Å². The van der Waals surface area contributed by atoms with Gasteiger partial charge in [0, 0.05) is 18.1 Å². The van der Waals surface area contributed by atoms with Gasteiger partial charge in [-0.1, -0.05) is 6.92 Å². The number of carbonyl (C=O) groups excluding carboxylic acids is 1. The highest BCUT2D eigenvalue weighted by atomic mass is 16.3. The van der Waals surface area contributed by atoms with E-state index in [1.807, 2.05) is 36.0 Å². The monoisotopic (exact) mass is 354 g/mol. The molecule has 0 spiro atoms. The van der Waals surface area contributed by atoms with Crippen molar-refractivity contribution < 1.29 is 19.4 Å². The molecule has 3 rings (SSSR count). The first-order valence-electron chi connectivity index (χ1n) is 8.54. The average molecular weight is 354 g/mol. The Morgan fingerprint density at radius 1 is 1.23 bits per heavy atom. The molecule has 0 bridgehead atoms. The zero-order chi connectivity index (χ0) is 18.5. The van der Waals surface area contributed by atoms with Crippen molar-refractivity contribution in [3.8, 4) is 11.4 Å². The summed E-state index contributed by atoms with van der Waals surface area (Å²) in [5.41, 5.74) is 0.959. The molecule has 1 aromatic carbocycles. The van der Waals surface area contributed by atoms with Crippen LogP contribution in [0.3, 0.4) is 0 Å². The Bertz CT molecular complexity index is 837. The lowest BCUT2D eigenvalue weighted by atomic mass is 10.1. The van der Waals surface area contributed by atoms with Crippen LogP contribution in [0.4, 0.5) is 0 Å². The predicted octanol–water partition coefficient (Wildman–Crippen LogP) is 3.19. The van der Waals surface area contributed by atoms with Gasteiger partial charge >= 0.3 is 0 Å². The van der Waals surface area contributed by atoms with Gasteiger partial charge in [-0.3, -0.25) is 4.79 Å². The van der Waals surface area contributed by atoms with Crippen LogP contribution in [-0.4, -0.2) is 38.2 Å². The van der Waals surface area contributed by atoms with Crippen LogP contribution >= 0.6 is 0 Å². The van der Waals surface area contributed by atoms with Crippen molar-refractivity contribution in [1.82, 2.24) is 9.47 Å². The molecule has 0 aliphatic rings. The van der Waals surface area contributed by atoms with Gasteiger partial charge < -0.3 is 24.1 Å². The summed E-state index contributed by atoms with van der Waals surface area (Å²) >= 11 is 0. The van der Waals surface area contributed by atoms with E-state index in [1.165, 1.54) is 11.0 Å². The number of aliphatic hydroxyl groups excluding tert-OH is 1. The van der Waals surface area contributed by atoms with Gasteiger partial charge in [-0.2, -0.15) is 0 Å². The minimum Gasteiger partial charge on any atom is -0.507 e. The van der Waals surface area contributed by atoms with E-state index in [4.69, 9.17) is 4.42 Å². The summed E-state index contributed by atoms with van der Waals surface area (Å²) < 4.78 is 7.22. The quantitative estimate of drug-likeness (QED) is 0.683. The maximum atomic E-state index is 13.2. The first kappa shape index (κ1) is 17.8. The third-order valence-electron chi connectivity index (χ3n) is 4.40. The van der Waals surface area contributed by atoms with Crippen molar-refractivity contribution in [3.63, 3.8) is 0 Å². The molecule has 2 aromatic heterocycles. The van der Waals surface area contributed by atoms with Crippen LogP contribution in [0.25, 0.3) is 5.69 Å². The number of aromatic hydroxyl groups is 1. The molecule has 0 aliphatic heterocycles. The van der Waals surface area contributed by atoms with Crippen LogP contribution < -0.4 is 0 Å². The molecule has 0 fully saturated rings. The summed E-state index contributed by atoms with van der Waals surface area (Å²) in [7, 11) is 0. The highest BCUT2D eigenvalue weighted by molar-refractivity contribution is 5.97. The fourth-order valence-electron chi connectivity index (χ4n) is 2.90. The second kappa shape index (κ2) is 7.93. The number of hydrogen-bond donors (Lipinski definition) is 2.